The molecule has 0 amide bonds. The molecule has 40 valence electrons. The predicted molar refractivity (Wildman–Crippen MR) is 34.6 cm³/mol. The van der Waals surface area contributed by atoms with E-state index < -0.39 is 0 Å². The summed E-state index contributed by atoms with van der Waals surface area (Å²) in [4.78, 5) is 0. The Hall–Kier alpha value is 0.0600. The second-order valence-corrected chi connectivity index (χ2v) is 1.99. The Morgan fingerprint density at radius 1 is 1.43 bits per heavy atom. The normalized spacial score (nSPS) is 9.57. The molecular formula is C5H6Cl2. The lowest BCUT2D eigenvalue weighted by Gasteiger charge is -1.71. The minimum Gasteiger partial charge on any atom is -0.0876 e. The van der Waals surface area contributed by atoms with Crippen LogP contribution < -0.4 is 0 Å². The fourth-order valence-corrected chi connectivity index (χ4v) is 0.314. The summed E-state index contributed by atoms with van der Waals surface area (Å²) in [5, 5.41) is 0. The molecule has 0 N–H and O–H groups in total. The zero-order valence-electron chi connectivity index (χ0n) is 3.99. The molecule has 0 aliphatic rings. The molecular weight excluding hydrogens is 131 g/mol. The van der Waals surface area contributed by atoms with Gasteiger partial charge in [-0.3, -0.25) is 0 Å². The van der Waals surface area contributed by atoms with E-state index in [4.69, 9.17) is 23.2 Å². The Morgan fingerprint density at radius 2 is 2.00 bits per heavy atom. The summed E-state index contributed by atoms with van der Waals surface area (Å²) < 4.78 is 0.290. The molecule has 0 aliphatic carbocycles. The van der Waals surface area contributed by atoms with Crippen molar-refractivity contribution in [2.45, 2.75) is 6.92 Å². The molecule has 0 spiro atoms. The lowest BCUT2D eigenvalue weighted by atomic mass is 10.5. The van der Waals surface area contributed by atoms with Gasteiger partial charge in [-0.1, -0.05) is 35.4 Å². The molecule has 0 aromatic heterocycles. The van der Waals surface area contributed by atoms with Crippen molar-refractivity contribution >= 4 is 23.2 Å². The van der Waals surface area contributed by atoms with Crippen molar-refractivity contribution in [1.29, 1.82) is 0 Å². The molecule has 0 nitrogen and oxygen atoms in total. The minimum absolute atomic E-state index is 0.290. The first-order valence-electron chi connectivity index (χ1n) is 1.91. The minimum atomic E-state index is 0.290. The van der Waals surface area contributed by atoms with Crippen molar-refractivity contribution in [1.82, 2.24) is 0 Å². The fourth-order valence-electron chi connectivity index (χ4n) is 0.169. The molecule has 0 bridgehead atoms. The first-order chi connectivity index (χ1) is 3.27. The van der Waals surface area contributed by atoms with Crippen LogP contribution in [0.25, 0.3) is 0 Å². The van der Waals surface area contributed by atoms with Gasteiger partial charge >= 0.3 is 0 Å². The Kier molecular flexibility index (Phi) is 4.26. The maximum absolute atomic E-state index is 5.23. The van der Waals surface area contributed by atoms with Crippen LogP contribution in [-0.2, 0) is 0 Å². The number of hydrogen-bond acceptors (Lipinski definition) is 0. The third kappa shape index (κ3) is 6.06. The molecule has 0 aromatic rings. The van der Waals surface area contributed by atoms with Gasteiger partial charge in [0.15, 0.2) is 0 Å². The van der Waals surface area contributed by atoms with Crippen molar-refractivity contribution in [3.05, 3.63) is 22.7 Å². The van der Waals surface area contributed by atoms with Gasteiger partial charge in [-0.2, -0.15) is 0 Å². The average Bonchev–Trinajstić information content (AvgIpc) is 1.61. The third-order valence-corrected chi connectivity index (χ3v) is 0.667. The Balaban J connectivity index is 3.46. The van der Waals surface area contributed by atoms with Crippen molar-refractivity contribution in [3.63, 3.8) is 0 Å². The Labute approximate surface area is 53.4 Å². The molecule has 0 heterocycles. The van der Waals surface area contributed by atoms with Crippen LogP contribution in [-0.4, -0.2) is 0 Å². The van der Waals surface area contributed by atoms with Gasteiger partial charge in [-0.15, -0.1) is 0 Å². The van der Waals surface area contributed by atoms with E-state index in [0.29, 0.717) is 0 Å². The van der Waals surface area contributed by atoms with Crippen LogP contribution in [0.4, 0.5) is 0 Å². The largest absolute Gasteiger partial charge is 0.106 e. The first kappa shape index (κ1) is 7.06. The van der Waals surface area contributed by atoms with Gasteiger partial charge in [0.1, 0.15) is 4.49 Å². The summed E-state index contributed by atoms with van der Waals surface area (Å²) in [7, 11) is 0. The molecule has 7 heavy (non-hydrogen) atoms. The summed E-state index contributed by atoms with van der Waals surface area (Å²) in [6.45, 7) is 1.90. The van der Waals surface area contributed by atoms with Gasteiger partial charge < -0.3 is 0 Å². The molecule has 0 atom stereocenters. The Bertz CT molecular complexity index is 88.3. The molecule has 0 fully saturated rings. The maximum atomic E-state index is 5.23. The van der Waals surface area contributed by atoms with Crippen molar-refractivity contribution < 1.29 is 0 Å². The second kappa shape index (κ2) is 4.23. The van der Waals surface area contributed by atoms with Gasteiger partial charge in [0.2, 0.25) is 0 Å². The monoisotopic (exact) mass is 136 g/mol. The zero-order chi connectivity index (χ0) is 5.70. The number of hydrogen-bond donors (Lipinski definition) is 0. The molecule has 0 aliphatic heterocycles. The SMILES string of the molecule is C/C=C/C=C(Cl)Cl. The highest BCUT2D eigenvalue weighted by molar-refractivity contribution is 6.55. The lowest BCUT2D eigenvalue weighted by molar-refractivity contribution is 1.74. The third-order valence-electron chi connectivity index (χ3n) is 0.415. The van der Waals surface area contributed by atoms with Crippen LogP contribution in [0.5, 0.6) is 0 Å². The van der Waals surface area contributed by atoms with E-state index in [1.54, 1.807) is 12.2 Å². The van der Waals surface area contributed by atoms with Crippen LogP contribution in [0.15, 0.2) is 22.7 Å². The standard InChI is InChI=1S/C5H6Cl2/c1-2-3-4-5(6)7/h2-4H,1H3/b3-2+. The molecule has 0 radical (unpaired) electrons. The van der Waals surface area contributed by atoms with Crippen LogP contribution >= 0.6 is 23.2 Å². The van der Waals surface area contributed by atoms with E-state index in [0.717, 1.165) is 0 Å². The van der Waals surface area contributed by atoms with Crippen LogP contribution in [0, 0.1) is 0 Å². The molecule has 2 heteroatoms. The Morgan fingerprint density at radius 3 is 2.14 bits per heavy atom. The van der Waals surface area contributed by atoms with Gasteiger partial charge in [0.25, 0.3) is 0 Å². The highest BCUT2D eigenvalue weighted by Gasteiger charge is 1.72. The van der Waals surface area contributed by atoms with Gasteiger partial charge in [-0.25, -0.2) is 0 Å². The highest BCUT2D eigenvalue weighted by Crippen LogP contribution is 2.04. The molecule has 0 rings (SSSR count). The van der Waals surface area contributed by atoms with E-state index in [2.05, 4.69) is 0 Å². The van der Waals surface area contributed by atoms with Crippen molar-refractivity contribution in [2.24, 2.45) is 0 Å². The van der Waals surface area contributed by atoms with Gasteiger partial charge in [0, 0.05) is 0 Å². The second-order valence-electron chi connectivity index (χ2n) is 0.982. The molecule has 0 saturated heterocycles. The summed E-state index contributed by atoms with van der Waals surface area (Å²) in [5.41, 5.74) is 0. The zero-order valence-corrected chi connectivity index (χ0v) is 5.50. The van der Waals surface area contributed by atoms with E-state index in [1.807, 2.05) is 13.0 Å². The summed E-state index contributed by atoms with van der Waals surface area (Å²) in [6.07, 6.45) is 5.24. The smallest absolute Gasteiger partial charge is 0.0876 e. The van der Waals surface area contributed by atoms with Crippen LogP contribution in [0.3, 0.4) is 0 Å². The quantitative estimate of drug-likeness (QED) is 0.487. The van der Waals surface area contributed by atoms with E-state index in [9.17, 15) is 0 Å². The highest BCUT2D eigenvalue weighted by atomic mass is 35.5. The van der Waals surface area contributed by atoms with Crippen LogP contribution in [0.1, 0.15) is 6.92 Å². The summed E-state index contributed by atoms with van der Waals surface area (Å²) in [5.74, 6) is 0. The summed E-state index contributed by atoms with van der Waals surface area (Å²) >= 11 is 10.5. The first-order valence-corrected chi connectivity index (χ1v) is 2.67. The van der Waals surface area contributed by atoms with Crippen molar-refractivity contribution in [3.8, 4) is 0 Å². The van der Waals surface area contributed by atoms with Crippen LogP contribution in [0.2, 0.25) is 0 Å². The lowest BCUT2D eigenvalue weighted by Crippen LogP contribution is -1.46. The maximum Gasteiger partial charge on any atom is 0.106 e. The number of allylic oxidation sites excluding steroid dienone is 3. The van der Waals surface area contributed by atoms with E-state index >= 15 is 0 Å². The van der Waals surface area contributed by atoms with Crippen molar-refractivity contribution in [2.75, 3.05) is 0 Å². The molecule has 0 saturated carbocycles. The molecule has 0 unspecified atom stereocenters. The fraction of sp³-hybridized carbons (Fsp3) is 0.200. The van der Waals surface area contributed by atoms with Gasteiger partial charge in [-0.05, 0) is 13.0 Å². The van der Waals surface area contributed by atoms with Gasteiger partial charge in [0.05, 0.1) is 0 Å². The van der Waals surface area contributed by atoms with E-state index in [-0.39, 0.29) is 4.49 Å². The predicted octanol–water partition coefficient (Wildman–Crippen LogP) is 2.88. The average molecular weight is 137 g/mol. The van der Waals surface area contributed by atoms with E-state index in [1.165, 1.54) is 0 Å². The molecule has 0 aromatic carbocycles. The number of halogens is 2. The number of rotatable bonds is 1. The summed E-state index contributed by atoms with van der Waals surface area (Å²) in [6, 6.07) is 0. The topological polar surface area (TPSA) is 0 Å².